The summed E-state index contributed by atoms with van der Waals surface area (Å²) in [5.74, 6) is 1.08. The molecule has 0 fully saturated rings. The Labute approximate surface area is 132 Å². The van der Waals surface area contributed by atoms with Gasteiger partial charge in [0.25, 0.3) is 10.7 Å². The van der Waals surface area contributed by atoms with Crippen molar-refractivity contribution in [2.75, 3.05) is 5.32 Å². The molecule has 0 saturated heterocycles. The van der Waals surface area contributed by atoms with E-state index in [0.29, 0.717) is 11.4 Å². The largest absolute Gasteiger partial charge is 0.507 e. The monoisotopic (exact) mass is 314 g/mol. The summed E-state index contributed by atoms with van der Waals surface area (Å²) >= 11 is 5.20. The van der Waals surface area contributed by atoms with Crippen molar-refractivity contribution in [1.29, 1.82) is 0 Å². The maximum Gasteiger partial charge on any atom is 0.289 e. The van der Waals surface area contributed by atoms with Gasteiger partial charge in [0.2, 0.25) is 0 Å². The quantitative estimate of drug-likeness (QED) is 0.717. The SMILES string of the molecule is C[C@H](Nc1ccccn1)n1nc(-c2ccccc2O)oc1=S. The van der Waals surface area contributed by atoms with E-state index in [1.54, 1.807) is 30.5 Å². The summed E-state index contributed by atoms with van der Waals surface area (Å²) in [5.41, 5.74) is 0.498. The standard InChI is InChI=1S/C15H14N4O2S/c1-10(17-13-8-4-5-9-16-13)19-15(22)21-14(18-19)11-6-2-3-7-12(11)20/h2-10,20H,1H3,(H,16,17)/t10-/m1/s1. The van der Waals surface area contributed by atoms with Crippen molar-refractivity contribution in [2.45, 2.75) is 13.1 Å². The van der Waals surface area contributed by atoms with Gasteiger partial charge in [-0.2, -0.15) is 4.68 Å². The number of hydrogen-bond acceptors (Lipinski definition) is 6. The average molecular weight is 314 g/mol. The third-order valence-corrected chi connectivity index (χ3v) is 3.36. The van der Waals surface area contributed by atoms with Gasteiger partial charge in [-0.15, -0.1) is 5.10 Å². The van der Waals surface area contributed by atoms with Crippen molar-refractivity contribution < 1.29 is 9.52 Å². The number of anilines is 1. The number of phenols is 1. The van der Waals surface area contributed by atoms with Gasteiger partial charge in [0.15, 0.2) is 0 Å². The van der Waals surface area contributed by atoms with Crippen LogP contribution < -0.4 is 5.32 Å². The fourth-order valence-electron chi connectivity index (χ4n) is 2.02. The predicted molar refractivity (Wildman–Crippen MR) is 85.0 cm³/mol. The lowest BCUT2D eigenvalue weighted by atomic mass is 10.2. The van der Waals surface area contributed by atoms with Crippen LogP contribution >= 0.6 is 12.2 Å². The molecule has 0 amide bonds. The molecule has 0 bridgehead atoms. The maximum absolute atomic E-state index is 9.87. The molecule has 0 aliphatic heterocycles. The van der Waals surface area contributed by atoms with Gasteiger partial charge in [0, 0.05) is 6.20 Å². The first-order valence-corrected chi connectivity index (χ1v) is 7.11. The molecule has 3 aromatic rings. The molecule has 0 radical (unpaired) electrons. The summed E-state index contributed by atoms with van der Waals surface area (Å²) in [6.45, 7) is 1.89. The van der Waals surface area contributed by atoms with Crippen molar-refractivity contribution >= 4 is 18.0 Å². The summed E-state index contributed by atoms with van der Waals surface area (Å²) in [6, 6.07) is 12.4. The molecule has 0 unspecified atom stereocenters. The third kappa shape index (κ3) is 2.84. The highest BCUT2D eigenvalue weighted by Gasteiger charge is 2.15. The molecule has 2 aromatic heterocycles. The van der Waals surface area contributed by atoms with Gasteiger partial charge in [-0.1, -0.05) is 18.2 Å². The first kappa shape index (κ1) is 14.3. The van der Waals surface area contributed by atoms with Crippen LogP contribution in [0.2, 0.25) is 0 Å². The normalized spacial score (nSPS) is 12.0. The Morgan fingerprint density at radius 3 is 2.73 bits per heavy atom. The van der Waals surface area contributed by atoms with Crippen molar-refractivity contribution in [3.8, 4) is 17.2 Å². The molecule has 2 N–H and O–H groups in total. The van der Waals surface area contributed by atoms with Crippen LogP contribution in [-0.4, -0.2) is 19.9 Å². The Morgan fingerprint density at radius 2 is 2.00 bits per heavy atom. The molecule has 0 spiro atoms. The molecule has 22 heavy (non-hydrogen) atoms. The summed E-state index contributed by atoms with van der Waals surface area (Å²) in [5, 5.41) is 17.4. The molecular formula is C15H14N4O2S. The van der Waals surface area contributed by atoms with E-state index in [0.717, 1.165) is 0 Å². The summed E-state index contributed by atoms with van der Waals surface area (Å²) in [4.78, 5) is 4.41. The van der Waals surface area contributed by atoms with Crippen LogP contribution in [0.15, 0.2) is 53.1 Å². The van der Waals surface area contributed by atoms with E-state index >= 15 is 0 Å². The van der Waals surface area contributed by atoms with Crippen molar-refractivity contribution in [2.24, 2.45) is 0 Å². The number of benzene rings is 1. The number of para-hydroxylation sites is 1. The molecule has 3 rings (SSSR count). The van der Waals surface area contributed by atoms with Gasteiger partial charge in [-0.05, 0) is 43.4 Å². The molecule has 0 aliphatic carbocycles. The number of nitrogens with one attached hydrogen (secondary N) is 1. The second-order valence-electron chi connectivity index (χ2n) is 4.67. The molecule has 1 aromatic carbocycles. The first-order valence-electron chi connectivity index (χ1n) is 6.71. The van der Waals surface area contributed by atoms with Crippen molar-refractivity contribution in [3.05, 3.63) is 53.5 Å². The Hall–Kier alpha value is -2.67. The van der Waals surface area contributed by atoms with Crippen LogP contribution in [-0.2, 0) is 0 Å². The van der Waals surface area contributed by atoms with E-state index in [9.17, 15) is 5.11 Å². The number of pyridine rings is 1. The molecule has 1 atom stereocenters. The van der Waals surface area contributed by atoms with Gasteiger partial charge in [-0.3, -0.25) is 0 Å². The van der Waals surface area contributed by atoms with Crippen molar-refractivity contribution in [3.63, 3.8) is 0 Å². The Balaban J connectivity index is 1.90. The zero-order valence-electron chi connectivity index (χ0n) is 11.8. The maximum atomic E-state index is 9.87. The molecule has 112 valence electrons. The lowest BCUT2D eigenvalue weighted by Crippen LogP contribution is -2.16. The minimum atomic E-state index is -0.245. The molecule has 0 aliphatic rings. The Morgan fingerprint density at radius 1 is 1.23 bits per heavy atom. The number of rotatable bonds is 4. The molecule has 0 saturated carbocycles. The van der Waals surface area contributed by atoms with Crippen LogP contribution in [0.5, 0.6) is 5.75 Å². The van der Waals surface area contributed by atoms with E-state index in [2.05, 4.69) is 15.4 Å². The molecular weight excluding hydrogens is 300 g/mol. The summed E-state index contributed by atoms with van der Waals surface area (Å²) in [7, 11) is 0. The van der Waals surface area contributed by atoms with Gasteiger partial charge >= 0.3 is 0 Å². The van der Waals surface area contributed by atoms with E-state index in [1.807, 2.05) is 25.1 Å². The van der Waals surface area contributed by atoms with Crippen LogP contribution in [0.3, 0.4) is 0 Å². The number of hydrogen-bond donors (Lipinski definition) is 2. The van der Waals surface area contributed by atoms with Crippen molar-refractivity contribution in [1.82, 2.24) is 14.8 Å². The Kier molecular flexibility index (Phi) is 3.88. The van der Waals surface area contributed by atoms with Crippen LogP contribution in [0.1, 0.15) is 13.1 Å². The fraction of sp³-hybridized carbons (Fsp3) is 0.133. The number of aromatic nitrogens is 3. The number of nitrogens with zero attached hydrogens (tertiary/aromatic N) is 3. The van der Waals surface area contributed by atoms with Gasteiger partial charge in [0.1, 0.15) is 17.7 Å². The average Bonchev–Trinajstić information content (AvgIpc) is 2.90. The number of aromatic hydroxyl groups is 1. The third-order valence-electron chi connectivity index (χ3n) is 3.09. The summed E-state index contributed by atoms with van der Waals surface area (Å²) in [6.07, 6.45) is 1.45. The second kappa shape index (κ2) is 5.98. The molecule has 6 nitrogen and oxygen atoms in total. The van der Waals surface area contributed by atoms with Crippen LogP contribution in [0, 0.1) is 4.84 Å². The first-order chi connectivity index (χ1) is 10.6. The van der Waals surface area contributed by atoms with E-state index in [-0.39, 0.29) is 22.6 Å². The Bertz CT molecular complexity index is 829. The zero-order chi connectivity index (χ0) is 15.5. The minimum Gasteiger partial charge on any atom is -0.507 e. The minimum absolute atomic E-state index is 0.0937. The molecule has 2 heterocycles. The van der Waals surface area contributed by atoms with E-state index in [4.69, 9.17) is 16.6 Å². The van der Waals surface area contributed by atoms with Gasteiger partial charge < -0.3 is 14.8 Å². The van der Waals surface area contributed by atoms with Gasteiger partial charge in [0.05, 0.1) is 5.56 Å². The highest BCUT2D eigenvalue weighted by atomic mass is 32.1. The smallest absolute Gasteiger partial charge is 0.289 e. The lowest BCUT2D eigenvalue weighted by molar-refractivity contribution is 0.468. The predicted octanol–water partition coefficient (Wildman–Crippen LogP) is 3.60. The van der Waals surface area contributed by atoms with Crippen LogP contribution in [0.25, 0.3) is 11.5 Å². The topological polar surface area (TPSA) is 76.1 Å². The highest BCUT2D eigenvalue weighted by Crippen LogP contribution is 2.28. The molecule has 7 heteroatoms. The number of phenolic OH excluding ortho intramolecular Hbond substituents is 1. The highest BCUT2D eigenvalue weighted by molar-refractivity contribution is 7.71. The van der Waals surface area contributed by atoms with Gasteiger partial charge in [-0.25, -0.2) is 4.98 Å². The van der Waals surface area contributed by atoms with E-state index in [1.165, 1.54) is 4.68 Å². The zero-order valence-corrected chi connectivity index (χ0v) is 12.6. The lowest BCUT2D eigenvalue weighted by Gasteiger charge is -2.13. The fourth-order valence-corrected chi connectivity index (χ4v) is 2.30. The summed E-state index contributed by atoms with van der Waals surface area (Å²) < 4.78 is 7.02. The van der Waals surface area contributed by atoms with Crippen LogP contribution in [0.4, 0.5) is 5.82 Å². The second-order valence-corrected chi connectivity index (χ2v) is 5.02. The van der Waals surface area contributed by atoms with E-state index < -0.39 is 0 Å².